The van der Waals surface area contributed by atoms with E-state index in [1.54, 1.807) is 18.2 Å². The predicted molar refractivity (Wildman–Crippen MR) is 121 cm³/mol. The number of fused-ring (bicyclic) bond motifs is 1. The highest BCUT2D eigenvalue weighted by Gasteiger charge is 2.44. The molecule has 1 unspecified atom stereocenters. The van der Waals surface area contributed by atoms with Gasteiger partial charge in [0.15, 0.2) is 0 Å². The highest BCUT2D eigenvalue weighted by molar-refractivity contribution is 6.31. The highest BCUT2D eigenvalue weighted by Crippen LogP contribution is 2.44. The van der Waals surface area contributed by atoms with Gasteiger partial charge in [0.2, 0.25) is 5.91 Å². The first-order valence-corrected chi connectivity index (χ1v) is 11.3. The first kappa shape index (κ1) is 22.0. The fourth-order valence-corrected chi connectivity index (χ4v) is 5.03. The van der Waals surface area contributed by atoms with Crippen LogP contribution < -0.4 is 10.2 Å². The zero-order valence-electron chi connectivity index (χ0n) is 17.8. The van der Waals surface area contributed by atoms with Crippen LogP contribution in [-0.4, -0.2) is 43.5 Å². The van der Waals surface area contributed by atoms with E-state index in [1.807, 2.05) is 6.92 Å². The zero-order chi connectivity index (χ0) is 22.0. The fourth-order valence-electron chi connectivity index (χ4n) is 4.85. The van der Waals surface area contributed by atoms with E-state index in [0.717, 1.165) is 63.2 Å². The smallest absolute Gasteiger partial charge is 0.235 e. The van der Waals surface area contributed by atoms with Gasteiger partial charge in [-0.2, -0.15) is 0 Å². The molecule has 2 heterocycles. The molecule has 2 aliphatic heterocycles. The Balaban J connectivity index is 1.27. The van der Waals surface area contributed by atoms with E-state index in [9.17, 15) is 13.6 Å². The second kappa shape index (κ2) is 9.13. The van der Waals surface area contributed by atoms with E-state index in [0.29, 0.717) is 12.1 Å². The maximum atomic E-state index is 13.5. The van der Waals surface area contributed by atoms with Crippen molar-refractivity contribution in [2.24, 2.45) is 0 Å². The molecule has 0 saturated carbocycles. The number of unbranched alkanes of at least 4 members (excludes halogenated alkanes) is 1. The van der Waals surface area contributed by atoms with E-state index < -0.39 is 11.2 Å². The van der Waals surface area contributed by atoms with E-state index >= 15 is 0 Å². The Morgan fingerprint density at radius 2 is 1.84 bits per heavy atom. The average molecular weight is 448 g/mol. The van der Waals surface area contributed by atoms with Crippen molar-refractivity contribution in [1.29, 1.82) is 0 Å². The molecule has 1 amide bonds. The number of halogens is 3. The topological polar surface area (TPSA) is 35.6 Å². The van der Waals surface area contributed by atoms with Gasteiger partial charge in [-0.15, -0.1) is 0 Å². The summed E-state index contributed by atoms with van der Waals surface area (Å²) in [6, 6.07) is 9.49. The van der Waals surface area contributed by atoms with Gasteiger partial charge in [0, 0.05) is 37.6 Å². The van der Waals surface area contributed by atoms with Crippen molar-refractivity contribution < 1.29 is 13.6 Å². The third kappa shape index (κ3) is 4.41. The molecule has 1 saturated heterocycles. The Kier molecular flexibility index (Phi) is 6.49. The van der Waals surface area contributed by atoms with Gasteiger partial charge in [0.1, 0.15) is 11.6 Å². The minimum absolute atomic E-state index is 0.0119. The molecule has 1 fully saturated rings. The van der Waals surface area contributed by atoms with Crippen LogP contribution in [0.3, 0.4) is 0 Å². The number of rotatable bonds is 7. The summed E-state index contributed by atoms with van der Waals surface area (Å²) in [7, 11) is 0. The van der Waals surface area contributed by atoms with Gasteiger partial charge >= 0.3 is 0 Å². The maximum absolute atomic E-state index is 13.5. The van der Waals surface area contributed by atoms with Crippen molar-refractivity contribution in [2.75, 3.05) is 42.9 Å². The first-order chi connectivity index (χ1) is 14.9. The number of hydrogen-bond acceptors (Lipinski definition) is 3. The Morgan fingerprint density at radius 1 is 1.06 bits per heavy atom. The lowest BCUT2D eigenvalue weighted by Crippen LogP contribution is -2.46. The maximum Gasteiger partial charge on any atom is 0.235 e. The molecule has 2 aromatic carbocycles. The molecule has 7 heteroatoms. The van der Waals surface area contributed by atoms with Crippen molar-refractivity contribution in [1.82, 2.24) is 4.90 Å². The molecule has 166 valence electrons. The summed E-state index contributed by atoms with van der Waals surface area (Å²) < 4.78 is 26.9. The second-order valence-corrected chi connectivity index (χ2v) is 8.87. The lowest BCUT2D eigenvalue weighted by atomic mass is 9.75. The van der Waals surface area contributed by atoms with Crippen LogP contribution in [0.5, 0.6) is 0 Å². The number of carbonyl (C=O) groups excluding carboxylic acids is 1. The van der Waals surface area contributed by atoms with Crippen molar-refractivity contribution in [3.63, 3.8) is 0 Å². The molecular weight excluding hydrogens is 420 g/mol. The summed E-state index contributed by atoms with van der Waals surface area (Å²) in [5.41, 5.74) is 1.94. The van der Waals surface area contributed by atoms with Crippen molar-refractivity contribution in [3.05, 3.63) is 58.6 Å². The summed E-state index contributed by atoms with van der Waals surface area (Å²) in [6.07, 6.45) is 3.41. The van der Waals surface area contributed by atoms with Gasteiger partial charge in [-0.3, -0.25) is 9.69 Å². The molecule has 2 aliphatic rings. The van der Waals surface area contributed by atoms with Crippen LogP contribution in [0.25, 0.3) is 0 Å². The van der Waals surface area contributed by atoms with Crippen LogP contribution in [-0.2, 0) is 10.2 Å². The molecule has 4 rings (SSSR count). The molecule has 0 radical (unpaired) electrons. The monoisotopic (exact) mass is 447 g/mol. The number of nitrogens with one attached hydrogen (secondary N) is 1. The summed E-state index contributed by atoms with van der Waals surface area (Å²) in [5.74, 6) is -0.729. The zero-order valence-corrected chi connectivity index (χ0v) is 18.5. The van der Waals surface area contributed by atoms with Crippen molar-refractivity contribution in [3.8, 4) is 0 Å². The van der Waals surface area contributed by atoms with Crippen LogP contribution in [0, 0.1) is 11.6 Å². The fraction of sp³-hybridized carbons (Fsp3) is 0.458. The summed E-state index contributed by atoms with van der Waals surface area (Å²) in [5, 5.41) is 3.03. The largest absolute Gasteiger partial charge is 0.369 e. The molecule has 0 spiro atoms. The van der Waals surface area contributed by atoms with Crippen LogP contribution in [0.4, 0.5) is 20.2 Å². The summed E-state index contributed by atoms with van der Waals surface area (Å²) in [4.78, 5) is 17.4. The SMILES string of the molecule is CCC1(CCCCN2CCN(c3ccc(F)c(Cl)c3)CC2)C(=O)Nc2cc(F)ccc21. The number of piperazine rings is 1. The van der Waals surface area contributed by atoms with Crippen LogP contribution in [0.15, 0.2) is 36.4 Å². The van der Waals surface area contributed by atoms with Gasteiger partial charge in [0.05, 0.1) is 10.4 Å². The normalized spacial score (nSPS) is 21.3. The van der Waals surface area contributed by atoms with Crippen molar-refractivity contribution in [2.45, 2.75) is 38.0 Å². The van der Waals surface area contributed by atoms with Crippen LogP contribution in [0.2, 0.25) is 5.02 Å². The third-order valence-electron chi connectivity index (χ3n) is 6.75. The molecule has 4 nitrogen and oxygen atoms in total. The molecule has 31 heavy (non-hydrogen) atoms. The van der Waals surface area contributed by atoms with E-state index in [1.165, 1.54) is 18.2 Å². The number of carbonyl (C=O) groups is 1. The van der Waals surface area contributed by atoms with Gasteiger partial charge < -0.3 is 10.2 Å². The molecule has 1 atom stereocenters. The van der Waals surface area contributed by atoms with Crippen LogP contribution in [0.1, 0.15) is 38.2 Å². The van der Waals surface area contributed by atoms with E-state index in [4.69, 9.17) is 11.6 Å². The minimum Gasteiger partial charge on any atom is -0.369 e. The molecule has 2 aromatic rings. The molecule has 0 aliphatic carbocycles. The molecule has 0 aromatic heterocycles. The number of nitrogens with zero attached hydrogens (tertiary/aromatic N) is 2. The van der Waals surface area contributed by atoms with Gasteiger partial charge in [-0.1, -0.05) is 31.0 Å². The molecule has 1 N–H and O–H groups in total. The Morgan fingerprint density at radius 3 is 2.55 bits per heavy atom. The standard InChI is InChI=1S/C24H28ClF2N3O/c1-2-24(19-7-5-17(26)15-22(19)28-23(24)31)9-3-4-10-29-11-13-30(14-12-29)18-6-8-21(27)20(25)16-18/h5-8,15-16H,2-4,9-14H2,1H3,(H,28,31). The van der Waals surface area contributed by atoms with Gasteiger partial charge in [0.25, 0.3) is 0 Å². The Labute approximate surface area is 187 Å². The molecule has 0 bridgehead atoms. The van der Waals surface area contributed by atoms with Gasteiger partial charge in [-0.25, -0.2) is 8.78 Å². The van der Waals surface area contributed by atoms with Gasteiger partial charge in [-0.05, 0) is 61.7 Å². The number of anilines is 2. The third-order valence-corrected chi connectivity index (χ3v) is 7.04. The average Bonchev–Trinajstić information content (AvgIpc) is 3.04. The number of hydrogen-bond donors (Lipinski definition) is 1. The highest BCUT2D eigenvalue weighted by atomic mass is 35.5. The lowest BCUT2D eigenvalue weighted by Gasteiger charge is -2.36. The predicted octanol–water partition coefficient (Wildman–Crippen LogP) is 5.21. The molecular formula is C24H28ClF2N3O. The quantitative estimate of drug-likeness (QED) is 0.592. The first-order valence-electron chi connectivity index (χ1n) is 11.0. The van der Waals surface area contributed by atoms with E-state index in [-0.39, 0.29) is 16.7 Å². The lowest BCUT2D eigenvalue weighted by molar-refractivity contribution is -0.121. The van der Waals surface area contributed by atoms with E-state index in [2.05, 4.69) is 15.1 Å². The summed E-state index contributed by atoms with van der Waals surface area (Å²) >= 11 is 5.91. The van der Waals surface area contributed by atoms with Crippen LogP contribution >= 0.6 is 11.6 Å². The Bertz CT molecular complexity index is 962. The second-order valence-electron chi connectivity index (χ2n) is 8.46. The summed E-state index contributed by atoms with van der Waals surface area (Å²) in [6.45, 7) is 6.64. The number of benzene rings is 2. The Hall–Kier alpha value is -2.18. The van der Waals surface area contributed by atoms with Crippen molar-refractivity contribution >= 4 is 28.9 Å². The number of amides is 1. The minimum atomic E-state index is -0.552.